The summed E-state index contributed by atoms with van der Waals surface area (Å²) in [6, 6.07) is -4.76. The third-order valence-corrected chi connectivity index (χ3v) is 4.75. The third-order valence-electron chi connectivity index (χ3n) is 4.38. The average Bonchev–Trinajstić information content (AvgIpc) is 2.70. The maximum Gasteiger partial charge on any atom is 0.327 e. The molecule has 0 saturated heterocycles. The highest BCUT2D eigenvalue weighted by atomic mass is 32.1. The number of hydrogen-bond acceptors (Lipinski definition) is 8. The number of aliphatic imine (C=N–C) groups is 1. The van der Waals surface area contributed by atoms with Gasteiger partial charge in [0, 0.05) is 12.3 Å². The molecule has 0 rings (SSSR count). The van der Waals surface area contributed by atoms with Crippen molar-refractivity contribution in [3.8, 4) is 0 Å². The van der Waals surface area contributed by atoms with Crippen molar-refractivity contribution >= 4 is 48.2 Å². The first-order valence-electron chi connectivity index (χ1n) is 10.1. The van der Waals surface area contributed by atoms with Gasteiger partial charge < -0.3 is 44.0 Å². The lowest BCUT2D eigenvalue weighted by molar-refractivity contribution is -0.142. The number of guanidine groups is 1. The number of nitrogens with one attached hydrogen (secondary N) is 3. The third kappa shape index (κ3) is 11.9. The zero-order valence-corrected chi connectivity index (χ0v) is 19.5. The van der Waals surface area contributed by atoms with Crippen LogP contribution in [-0.2, 0) is 24.0 Å². The molecule has 0 bridgehead atoms. The molecule has 4 amide bonds. The van der Waals surface area contributed by atoms with Crippen LogP contribution in [0.25, 0.3) is 0 Å². The summed E-state index contributed by atoms with van der Waals surface area (Å²) in [6.07, 6.45) is -0.0510. The van der Waals surface area contributed by atoms with E-state index in [9.17, 15) is 24.0 Å². The van der Waals surface area contributed by atoms with Gasteiger partial charge in [-0.1, -0.05) is 13.8 Å². The number of carbonyl (C=O) groups is 5. The monoisotopic (exact) mass is 490 g/mol. The number of hydrogen-bond donors (Lipinski definition) is 9. The van der Waals surface area contributed by atoms with Gasteiger partial charge in [-0.15, -0.1) is 0 Å². The molecule has 0 heterocycles. The molecule has 0 fully saturated rings. The summed E-state index contributed by atoms with van der Waals surface area (Å²) in [6.45, 7) is 3.47. The second-order valence-electron chi connectivity index (χ2n) is 7.60. The molecule has 14 nitrogen and oxygen atoms in total. The quantitative estimate of drug-likeness (QED) is 0.0474. The fourth-order valence-corrected chi connectivity index (χ4v) is 2.84. The molecule has 12 N–H and O–H groups in total. The molecule has 33 heavy (non-hydrogen) atoms. The Bertz CT molecular complexity index is 743. The second-order valence-corrected chi connectivity index (χ2v) is 7.96. The lowest BCUT2D eigenvalue weighted by atomic mass is 10.0. The molecule has 4 unspecified atom stereocenters. The normalized spacial score (nSPS) is 14.3. The van der Waals surface area contributed by atoms with Crippen molar-refractivity contribution in [2.24, 2.45) is 33.8 Å². The standard InChI is InChI=1S/C18H34N8O6S/c1-8(2)13(16(30)25-11(7-33)17(31)32)26-15(29)10(4-3-5-23-18(21)22)24-14(28)9(19)6-12(20)27/h8-11,13,33H,3-7,19H2,1-2H3,(H2,20,27)(H,24,28)(H,25,30)(H,26,29)(H,31,32)(H4,21,22,23). The number of carboxylic acids is 1. The van der Waals surface area contributed by atoms with E-state index >= 15 is 0 Å². The Labute approximate surface area is 197 Å². The summed E-state index contributed by atoms with van der Waals surface area (Å²) in [4.78, 5) is 63.8. The van der Waals surface area contributed by atoms with E-state index in [0.717, 1.165) is 0 Å². The summed E-state index contributed by atoms with van der Waals surface area (Å²) in [5.41, 5.74) is 21.2. The number of amides is 4. The van der Waals surface area contributed by atoms with Crippen LogP contribution in [0.1, 0.15) is 33.1 Å². The molecule has 188 valence electrons. The van der Waals surface area contributed by atoms with Crippen LogP contribution >= 0.6 is 12.6 Å². The summed E-state index contributed by atoms with van der Waals surface area (Å²) in [5, 5.41) is 16.4. The predicted octanol–water partition coefficient (Wildman–Crippen LogP) is -3.63. The van der Waals surface area contributed by atoms with E-state index < -0.39 is 66.1 Å². The van der Waals surface area contributed by atoms with Gasteiger partial charge in [-0.05, 0) is 18.8 Å². The molecular formula is C18H34N8O6S. The van der Waals surface area contributed by atoms with Crippen LogP contribution in [0.4, 0.5) is 0 Å². The van der Waals surface area contributed by atoms with Crippen LogP contribution in [0.2, 0.25) is 0 Å². The number of carboxylic acid groups (broad SMARTS) is 1. The maximum atomic E-state index is 12.9. The van der Waals surface area contributed by atoms with E-state index in [1.807, 2.05) is 0 Å². The molecular weight excluding hydrogens is 456 g/mol. The zero-order valence-electron chi connectivity index (χ0n) is 18.6. The lowest BCUT2D eigenvalue weighted by Gasteiger charge is -2.26. The summed E-state index contributed by atoms with van der Waals surface area (Å²) < 4.78 is 0. The summed E-state index contributed by atoms with van der Waals surface area (Å²) in [7, 11) is 0. The number of aliphatic carboxylic acids is 1. The van der Waals surface area contributed by atoms with Crippen LogP contribution in [0.15, 0.2) is 4.99 Å². The Kier molecular flexibility index (Phi) is 13.5. The fraction of sp³-hybridized carbons (Fsp3) is 0.667. The first kappa shape index (κ1) is 29.9. The van der Waals surface area contributed by atoms with Crippen LogP contribution in [-0.4, -0.2) is 77.1 Å². The molecule has 0 aromatic heterocycles. The van der Waals surface area contributed by atoms with E-state index in [1.54, 1.807) is 13.8 Å². The molecule has 0 aliphatic heterocycles. The number of carbonyl (C=O) groups excluding carboxylic acids is 4. The molecule has 0 aliphatic carbocycles. The Balaban J connectivity index is 5.46. The van der Waals surface area contributed by atoms with Crippen LogP contribution in [0.5, 0.6) is 0 Å². The van der Waals surface area contributed by atoms with E-state index in [0.29, 0.717) is 6.42 Å². The number of primary amides is 1. The van der Waals surface area contributed by atoms with Gasteiger partial charge in [0.15, 0.2) is 5.96 Å². The van der Waals surface area contributed by atoms with Crippen molar-refractivity contribution in [1.29, 1.82) is 0 Å². The van der Waals surface area contributed by atoms with E-state index in [1.165, 1.54) is 0 Å². The minimum atomic E-state index is -1.28. The Morgan fingerprint density at radius 1 is 0.939 bits per heavy atom. The Hall–Kier alpha value is -3.07. The van der Waals surface area contributed by atoms with Crippen LogP contribution in [0.3, 0.4) is 0 Å². The molecule has 0 aliphatic rings. The molecule has 0 radical (unpaired) electrons. The number of thiol groups is 1. The first-order valence-corrected chi connectivity index (χ1v) is 10.8. The highest BCUT2D eigenvalue weighted by Gasteiger charge is 2.31. The van der Waals surface area contributed by atoms with Gasteiger partial charge in [0.2, 0.25) is 23.6 Å². The maximum absolute atomic E-state index is 12.9. The molecule has 15 heteroatoms. The number of rotatable bonds is 15. The van der Waals surface area contributed by atoms with Gasteiger partial charge >= 0.3 is 5.97 Å². The highest BCUT2D eigenvalue weighted by molar-refractivity contribution is 7.80. The van der Waals surface area contributed by atoms with Gasteiger partial charge in [0.05, 0.1) is 12.5 Å². The van der Waals surface area contributed by atoms with Crippen molar-refractivity contribution in [3.63, 3.8) is 0 Å². The van der Waals surface area contributed by atoms with Gasteiger partial charge in [0.25, 0.3) is 0 Å². The first-order chi connectivity index (χ1) is 15.3. The minimum Gasteiger partial charge on any atom is -0.480 e. The smallest absolute Gasteiger partial charge is 0.327 e. The van der Waals surface area contributed by atoms with Crippen molar-refractivity contribution in [3.05, 3.63) is 0 Å². The molecule has 0 saturated carbocycles. The molecule has 0 aromatic rings. The van der Waals surface area contributed by atoms with Crippen molar-refractivity contribution in [2.45, 2.75) is 57.3 Å². The van der Waals surface area contributed by atoms with Gasteiger partial charge in [-0.2, -0.15) is 12.6 Å². The molecule has 0 spiro atoms. The number of nitrogens with two attached hydrogens (primary N) is 4. The summed E-state index contributed by atoms with van der Waals surface area (Å²) in [5.74, 6) is -5.01. The second kappa shape index (κ2) is 14.9. The SMILES string of the molecule is CC(C)C(NC(=O)C(CCCN=C(N)N)NC(=O)C(N)CC(N)=O)C(=O)NC(CS)C(=O)O. The fourth-order valence-electron chi connectivity index (χ4n) is 2.60. The molecule has 0 aromatic carbocycles. The predicted molar refractivity (Wildman–Crippen MR) is 124 cm³/mol. The Morgan fingerprint density at radius 3 is 1.97 bits per heavy atom. The van der Waals surface area contributed by atoms with Crippen LogP contribution < -0.4 is 38.9 Å². The largest absolute Gasteiger partial charge is 0.480 e. The van der Waals surface area contributed by atoms with Gasteiger partial charge in [-0.3, -0.25) is 24.2 Å². The number of nitrogens with zero attached hydrogens (tertiary/aromatic N) is 1. The zero-order chi connectivity index (χ0) is 25.7. The van der Waals surface area contributed by atoms with E-state index in [-0.39, 0.29) is 24.7 Å². The topological polar surface area (TPSA) is 258 Å². The van der Waals surface area contributed by atoms with Crippen molar-refractivity contribution in [2.75, 3.05) is 12.3 Å². The van der Waals surface area contributed by atoms with Crippen LogP contribution in [0, 0.1) is 5.92 Å². The highest BCUT2D eigenvalue weighted by Crippen LogP contribution is 2.06. The molecule has 4 atom stereocenters. The van der Waals surface area contributed by atoms with Gasteiger partial charge in [-0.25, -0.2) is 4.79 Å². The van der Waals surface area contributed by atoms with Gasteiger partial charge in [0.1, 0.15) is 18.1 Å². The minimum absolute atomic E-state index is 0.0818. The van der Waals surface area contributed by atoms with E-state index in [4.69, 9.17) is 28.0 Å². The van der Waals surface area contributed by atoms with Crippen molar-refractivity contribution < 1.29 is 29.1 Å². The van der Waals surface area contributed by atoms with Crippen molar-refractivity contribution in [1.82, 2.24) is 16.0 Å². The summed E-state index contributed by atoms with van der Waals surface area (Å²) >= 11 is 3.89. The average molecular weight is 491 g/mol. The lowest BCUT2D eigenvalue weighted by Crippen LogP contribution is -2.58. The Morgan fingerprint density at radius 2 is 1.52 bits per heavy atom. The van der Waals surface area contributed by atoms with E-state index in [2.05, 4.69) is 33.6 Å².